The average Bonchev–Trinajstić information content (AvgIpc) is 2.79. The molecule has 2 aromatic carbocycles. The largest absolute Gasteiger partial charge is 0.494 e. The number of hydrogen-bond acceptors (Lipinski definition) is 1. The smallest absolute Gasteiger partial charge is 0.119 e. The zero-order chi connectivity index (χ0) is 20.3. The summed E-state index contributed by atoms with van der Waals surface area (Å²) in [5, 5.41) is 0. The first kappa shape index (κ1) is 21.7. The van der Waals surface area contributed by atoms with E-state index in [0.29, 0.717) is 0 Å². The van der Waals surface area contributed by atoms with Gasteiger partial charge in [-0.3, -0.25) is 0 Å². The maximum absolute atomic E-state index is 5.91. The Morgan fingerprint density at radius 2 is 1.38 bits per heavy atom. The SMILES string of the molecule is CCCCCCCCOc1ccc(-c2ccc(C3=CCC(CC)CC3)cc2)cc1. The summed E-state index contributed by atoms with van der Waals surface area (Å²) in [6, 6.07) is 17.7. The van der Waals surface area contributed by atoms with Gasteiger partial charge < -0.3 is 4.74 Å². The molecule has 1 aliphatic rings. The number of benzene rings is 2. The predicted molar refractivity (Wildman–Crippen MR) is 126 cm³/mol. The molecule has 3 rings (SSSR count). The summed E-state index contributed by atoms with van der Waals surface area (Å²) in [6.45, 7) is 5.40. The molecule has 2 aromatic rings. The molecule has 1 atom stereocenters. The number of allylic oxidation sites excluding steroid dienone is 2. The third-order valence-electron chi connectivity index (χ3n) is 6.31. The van der Waals surface area contributed by atoms with E-state index in [2.05, 4.69) is 68.5 Å². The second kappa shape index (κ2) is 11.9. The molecular weight excluding hydrogens is 352 g/mol. The van der Waals surface area contributed by atoms with Crippen molar-refractivity contribution in [3.05, 3.63) is 60.2 Å². The topological polar surface area (TPSA) is 9.23 Å². The van der Waals surface area contributed by atoms with Gasteiger partial charge in [-0.25, -0.2) is 0 Å². The summed E-state index contributed by atoms with van der Waals surface area (Å²) in [4.78, 5) is 0. The molecule has 1 unspecified atom stereocenters. The molecular formula is C28H38O. The van der Waals surface area contributed by atoms with Crippen molar-refractivity contribution in [2.24, 2.45) is 5.92 Å². The molecule has 0 amide bonds. The van der Waals surface area contributed by atoms with Crippen molar-refractivity contribution in [1.29, 1.82) is 0 Å². The van der Waals surface area contributed by atoms with Gasteiger partial charge in [0, 0.05) is 0 Å². The number of ether oxygens (including phenoxy) is 1. The van der Waals surface area contributed by atoms with Crippen LogP contribution in [0.25, 0.3) is 16.7 Å². The van der Waals surface area contributed by atoms with Gasteiger partial charge in [0.2, 0.25) is 0 Å². The standard InChI is InChI=1S/C28H38O/c1-3-5-6-7-8-9-22-29-28-20-18-27(19-21-28)26-16-14-25(15-17-26)24-12-10-23(4-2)11-13-24/h12,14-21,23H,3-11,13,22H2,1-2H3. The first-order chi connectivity index (χ1) is 14.3. The lowest BCUT2D eigenvalue weighted by Gasteiger charge is -2.20. The van der Waals surface area contributed by atoms with E-state index in [-0.39, 0.29) is 0 Å². The molecule has 1 aliphatic carbocycles. The van der Waals surface area contributed by atoms with Crippen LogP contribution in [0.4, 0.5) is 0 Å². The number of unbranched alkanes of at least 4 members (excludes halogenated alkanes) is 5. The van der Waals surface area contributed by atoms with E-state index in [4.69, 9.17) is 4.74 Å². The van der Waals surface area contributed by atoms with Gasteiger partial charge in [-0.2, -0.15) is 0 Å². The Balaban J connectivity index is 1.48. The lowest BCUT2D eigenvalue weighted by molar-refractivity contribution is 0.304. The first-order valence-electron chi connectivity index (χ1n) is 11.8. The van der Waals surface area contributed by atoms with Crippen LogP contribution in [-0.2, 0) is 0 Å². The molecule has 0 N–H and O–H groups in total. The van der Waals surface area contributed by atoms with Crippen LogP contribution < -0.4 is 4.74 Å². The summed E-state index contributed by atoms with van der Waals surface area (Å²) in [6.07, 6.45) is 15.4. The highest BCUT2D eigenvalue weighted by Crippen LogP contribution is 2.32. The van der Waals surface area contributed by atoms with Gasteiger partial charge in [-0.05, 0) is 66.0 Å². The van der Waals surface area contributed by atoms with Crippen LogP contribution in [0.5, 0.6) is 5.75 Å². The van der Waals surface area contributed by atoms with Crippen LogP contribution >= 0.6 is 0 Å². The molecule has 29 heavy (non-hydrogen) atoms. The Morgan fingerprint density at radius 3 is 2.00 bits per heavy atom. The zero-order valence-electron chi connectivity index (χ0n) is 18.5. The van der Waals surface area contributed by atoms with Crippen molar-refractivity contribution in [2.45, 2.75) is 78.1 Å². The van der Waals surface area contributed by atoms with Crippen LogP contribution in [0, 0.1) is 5.92 Å². The highest BCUT2D eigenvalue weighted by Gasteiger charge is 2.13. The van der Waals surface area contributed by atoms with E-state index in [1.807, 2.05) is 0 Å². The Bertz CT molecular complexity index is 739. The molecule has 1 heteroatoms. The van der Waals surface area contributed by atoms with Crippen molar-refractivity contribution in [3.63, 3.8) is 0 Å². The zero-order valence-corrected chi connectivity index (χ0v) is 18.5. The second-order valence-corrected chi connectivity index (χ2v) is 8.50. The van der Waals surface area contributed by atoms with Crippen LogP contribution in [0.1, 0.15) is 83.6 Å². The normalized spacial score (nSPS) is 16.5. The van der Waals surface area contributed by atoms with Crippen LogP contribution in [0.2, 0.25) is 0 Å². The van der Waals surface area contributed by atoms with Crippen molar-refractivity contribution in [1.82, 2.24) is 0 Å². The summed E-state index contributed by atoms with van der Waals surface area (Å²) < 4.78 is 5.91. The Kier molecular flexibility index (Phi) is 8.86. The monoisotopic (exact) mass is 390 g/mol. The van der Waals surface area contributed by atoms with Gasteiger partial charge >= 0.3 is 0 Å². The summed E-state index contributed by atoms with van der Waals surface area (Å²) in [5.74, 6) is 1.87. The molecule has 0 aromatic heterocycles. The summed E-state index contributed by atoms with van der Waals surface area (Å²) in [7, 11) is 0. The molecule has 0 heterocycles. The van der Waals surface area contributed by atoms with Gasteiger partial charge in [0.05, 0.1) is 6.61 Å². The number of rotatable bonds is 11. The molecule has 0 spiro atoms. The molecule has 0 radical (unpaired) electrons. The Morgan fingerprint density at radius 1 is 0.759 bits per heavy atom. The maximum Gasteiger partial charge on any atom is 0.119 e. The van der Waals surface area contributed by atoms with Crippen LogP contribution in [-0.4, -0.2) is 6.61 Å². The Labute approximate surface area is 178 Å². The highest BCUT2D eigenvalue weighted by molar-refractivity contribution is 5.71. The van der Waals surface area contributed by atoms with E-state index < -0.39 is 0 Å². The van der Waals surface area contributed by atoms with E-state index in [1.54, 1.807) is 0 Å². The van der Waals surface area contributed by atoms with E-state index in [0.717, 1.165) is 24.7 Å². The van der Waals surface area contributed by atoms with E-state index >= 15 is 0 Å². The molecule has 0 aliphatic heterocycles. The maximum atomic E-state index is 5.91. The minimum absolute atomic E-state index is 0.828. The summed E-state index contributed by atoms with van der Waals surface area (Å²) >= 11 is 0. The highest BCUT2D eigenvalue weighted by atomic mass is 16.5. The van der Waals surface area contributed by atoms with E-state index in [1.165, 1.54) is 80.1 Å². The van der Waals surface area contributed by atoms with Crippen molar-refractivity contribution in [3.8, 4) is 16.9 Å². The lowest BCUT2D eigenvalue weighted by Crippen LogP contribution is -2.03. The minimum Gasteiger partial charge on any atom is -0.494 e. The number of hydrogen-bond donors (Lipinski definition) is 0. The van der Waals surface area contributed by atoms with Crippen LogP contribution in [0.15, 0.2) is 54.6 Å². The first-order valence-corrected chi connectivity index (χ1v) is 11.8. The molecule has 1 nitrogen and oxygen atoms in total. The average molecular weight is 391 g/mol. The van der Waals surface area contributed by atoms with Crippen LogP contribution in [0.3, 0.4) is 0 Å². The molecule has 0 saturated carbocycles. The third-order valence-corrected chi connectivity index (χ3v) is 6.31. The van der Waals surface area contributed by atoms with Gasteiger partial charge in [0.1, 0.15) is 5.75 Å². The minimum atomic E-state index is 0.828. The van der Waals surface area contributed by atoms with Crippen molar-refractivity contribution >= 4 is 5.57 Å². The van der Waals surface area contributed by atoms with Gasteiger partial charge in [0.15, 0.2) is 0 Å². The van der Waals surface area contributed by atoms with Crippen molar-refractivity contribution < 1.29 is 4.74 Å². The molecule has 156 valence electrons. The van der Waals surface area contributed by atoms with Gasteiger partial charge in [0.25, 0.3) is 0 Å². The van der Waals surface area contributed by atoms with E-state index in [9.17, 15) is 0 Å². The predicted octanol–water partition coefficient (Wildman–Crippen LogP) is 8.69. The fourth-order valence-electron chi connectivity index (χ4n) is 4.21. The Hall–Kier alpha value is -2.02. The fraction of sp³-hybridized carbons (Fsp3) is 0.500. The fourth-order valence-corrected chi connectivity index (χ4v) is 4.21. The molecule has 0 saturated heterocycles. The van der Waals surface area contributed by atoms with Crippen molar-refractivity contribution in [2.75, 3.05) is 6.61 Å². The van der Waals surface area contributed by atoms with Gasteiger partial charge in [-0.1, -0.05) is 94.8 Å². The van der Waals surface area contributed by atoms with Gasteiger partial charge in [-0.15, -0.1) is 0 Å². The quantitative estimate of drug-likeness (QED) is 0.349. The third kappa shape index (κ3) is 6.77. The molecule has 0 bridgehead atoms. The second-order valence-electron chi connectivity index (χ2n) is 8.50. The lowest BCUT2D eigenvalue weighted by atomic mass is 9.85. The molecule has 0 fully saturated rings. The summed E-state index contributed by atoms with van der Waals surface area (Å²) in [5.41, 5.74) is 5.45.